The Labute approximate surface area is 112 Å². The lowest BCUT2D eigenvalue weighted by atomic mass is 10.4. The second kappa shape index (κ2) is 6.33. The number of aromatic amines is 1. The van der Waals surface area contributed by atoms with Crippen molar-refractivity contribution >= 4 is 22.9 Å². The standard InChI is InChI=1S/C12H20N6O/c1-4-13-12-17-10(14-5-6-19-8(2)3)9-11(18-12)16-7-15-9/h7-8H,4-6H2,1-3H3,(H3,13,14,15,16,17,18). The van der Waals surface area contributed by atoms with E-state index in [4.69, 9.17) is 4.74 Å². The number of fused-ring (bicyclic) bond motifs is 1. The van der Waals surface area contributed by atoms with Gasteiger partial charge < -0.3 is 20.4 Å². The Balaban J connectivity index is 2.09. The Morgan fingerprint density at radius 1 is 1.32 bits per heavy atom. The minimum Gasteiger partial charge on any atom is -0.377 e. The summed E-state index contributed by atoms with van der Waals surface area (Å²) >= 11 is 0. The molecular formula is C12H20N6O. The van der Waals surface area contributed by atoms with Gasteiger partial charge in [-0.2, -0.15) is 9.97 Å². The summed E-state index contributed by atoms with van der Waals surface area (Å²) < 4.78 is 5.49. The van der Waals surface area contributed by atoms with E-state index in [1.54, 1.807) is 6.33 Å². The monoisotopic (exact) mass is 264 g/mol. The van der Waals surface area contributed by atoms with Gasteiger partial charge >= 0.3 is 0 Å². The zero-order valence-electron chi connectivity index (χ0n) is 11.5. The fourth-order valence-corrected chi connectivity index (χ4v) is 1.66. The van der Waals surface area contributed by atoms with E-state index < -0.39 is 0 Å². The molecule has 0 aliphatic rings. The van der Waals surface area contributed by atoms with Crippen LogP contribution in [0.1, 0.15) is 20.8 Å². The summed E-state index contributed by atoms with van der Waals surface area (Å²) in [4.78, 5) is 15.9. The third-order valence-electron chi connectivity index (χ3n) is 2.47. The van der Waals surface area contributed by atoms with Gasteiger partial charge in [0, 0.05) is 13.1 Å². The number of nitrogens with zero attached hydrogens (tertiary/aromatic N) is 3. The van der Waals surface area contributed by atoms with Crippen molar-refractivity contribution in [2.45, 2.75) is 26.9 Å². The van der Waals surface area contributed by atoms with Crippen LogP contribution in [0.3, 0.4) is 0 Å². The average Bonchev–Trinajstić information content (AvgIpc) is 2.83. The van der Waals surface area contributed by atoms with Gasteiger partial charge in [0.2, 0.25) is 5.95 Å². The largest absolute Gasteiger partial charge is 0.377 e. The van der Waals surface area contributed by atoms with Gasteiger partial charge in [-0.3, -0.25) is 0 Å². The maximum atomic E-state index is 5.49. The van der Waals surface area contributed by atoms with E-state index >= 15 is 0 Å². The molecule has 2 aromatic rings. The molecule has 2 heterocycles. The second-order valence-electron chi connectivity index (χ2n) is 4.37. The zero-order chi connectivity index (χ0) is 13.7. The molecule has 0 bridgehead atoms. The molecule has 19 heavy (non-hydrogen) atoms. The number of aromatic nitrogens is 4. The Bertz CT molecular complexity index is 524. The maximum absolute atomic E-state index is 5.49. The predicted molar refractivity (Wildman–Crippen MR) is 75.4 cm³/mol. The fraction of sp³-hybridized carbons (Fsp3) is 0.583. The molecule has 104 valence electrons. The molecule has 0 aliphatic heterocycles. The summed E-state index contributed by atoms with van der Waals surface area (Å²) in [6.45, 7) is 8.12. The summed E-state index contributed by atoms with van der Waals surface area (Å²) in [6, 6.07) is 0. The average molecular weight is 264 g/mol. The van der Waals surface area contributed by atoms with Crippen molar-refractivity contribution in [3.05, 3.63) is 6.33 Å². The summed E-state index contributed by atoms with van der Waals surface area (Å²) in [5.41, 5.74) is 1.46. The summed E-state index contributed by atoms with van der Waals surface area (Å²) in [7, 11) is 0. The molecule has 7 heteroatoms. The highest BCUT2D eigenvalue weighted by molar-refractivity contribution is 5.83. The second-order valence-corrected chi connectivity index (χ2v) is 4.37. The normalized spacial score (nSPS) is 11.2. The van der Waals surface area contributed by atoms with E-state index in [0.717, 1.165) is 17.9 Å². The highest BCUT2D eigenvalue weighted by Crippen LogP contribution is 2.18. The number of rotatable bonds is 7. The number of H-pyrrole nitrogens is 1. The number of imidazole rings is 1. The molecule has 0 atom stereocenters. The minimum atomic E-state index is 0.233. The SMILES string of the molecule is CCNc1nc(NCCOC(C)C)c2[nH]cnc2n1. The molecule has 7 nitrogen and oxygen atoms in total. The maximum Gasteiger partial charge on any atom is 0.226 e. The molecule has 0 amide bonds. The highest BCUT2D eigenvalue weighted by atomic mass is 16.5. The van der Waals surface area contributed by atoms with Crippen LogP contribution in [0.2, 0.25) is 0 Å². The van der Waals surface area contributed by atoms with Gasteiger partial charge in [-0.1, -0.05) is 0 Å². The van der Waals surface area contributed by atoms with Crippen LogP contribution in [0, 0.1) is 0 Å². The van der Waals surface area contributed by atoms with Crippen LogP contribution >= 0.6 is 0 Å². The third-order valence-corrected chi connectivity index (χ3v) is 2.47. The first-order valence-corrected chi connectivity index (χ1v) is 6.51. The number of hydrogen-bond donors (Lipinski definition) is 3. The van der Waals surface area contributed by atoms with Crippen LogP contribution < -0.4 is 10.6 Å². The molecule has 0 saturated carbocycles. The highest BCUT2D eigenvalue weighted by Gasteiger charge is 2.09. The van der Waals surface area contributed by atoms with Crippen molar-refractivity contribution in [1.82, 2.24) is 19.9 Å². The first-order chi connectivity index (χ1) is 9.20. The van der Waals surface area contributed by atoms with E-state index in [9.17, 15) is 0 Å². The molecule has 0 radical (unpaired) electrons. The first kappa shape index (κ1) is 13.5. The molecule has 0 fully saturated rings. The van der Waals surface area contributed by atoms with E-state index in [0.29, 0.717) is 24.7 Å². The van der Waals surface area contributed by atoms with E-state index in [-0.39, 0.29) is 6.10 Å². The van der Waals surface area contributed by atoms with Crippen LogP contribution in [0.15, 0.2) is 6.33 Å². The van der Waals surface area contributed by atoms with E-state index in [2.05, 4.69) is 30.6 Å². The van der Waals surface area contributed by atoms with Crippen molar-refractivity contribution < 1.29 is 4.74 Å². The molecule has 0 aliphatic carbocycles. The number of ether oxygens (including phenoxy) is 1. The lowest BCUT2D eigenvalue weighted by Crippen LogP contribution is -2.15. The van der Waals surface area contributed by atoms with Crippen LogP contribution in [-0.4, -0.2) is 45.7 Å². The predicted octanol–water partition coefficient (Wildman–Crippen LogP) is 1.62. The summed E-state index contributed by atoms with van der Waals surface area (Å²) in [6.07, 6.45) is 1.85. The van der Waals surface area contributed by atoms with Gasteiger partial charge in [-0.15, -0.1) is 0 Å². The van der Waals surface area contributed by atoms with E-state index in [1.165, 1.54) is 0 Å². The Hall–Kier alpha value is -1.89. The van der Waals surface area contributed by atoms with Crippen LogP contribution in [0.4, 0.5) is 11.8 Å². The van der Waals surface area contributed by atoms with Gasteiger partial charge in [0.15, 0.2) is 11.5 Å². The Morgan fingerprint density at radius 3 is 2.89 bits per heavy atom. The molecule has 2 aromatic heterocycles. The van der Waals surface area contributed by atoms with Gasteiger partial charge in [-0.05, 0) is 20.8 Å². The molecule has 0 aromatic carbocycles. The van der Waals surface area contributed by atoms with Gasteiger partial charge in [0.25, 0.3) is 0 Å². The lowest BCUT2D eigenvalue weighted by Gasteiger charge is -2.10. The quantitative estimate of drug-likeness (QED) is 0.659. The van der Waals surface area contributed by atoms with Gasteiger partial charge in [-0.25, -0.2) is 4.98 Å². The summed E-state index contributed by atoms with van der Waals surface area (Å²) in [5, 5.41) is 6.33. The molecule has 0 saturated heterocycles. The van der Waals surface area contributed by atoms with Crippen molar-refractivity contribution in [1.29, 1.82) is 0 Å². The topological polar surface area (TPSA) is 87.8 Å². The Kier molecular flexibility index (Phi) is 4.51. The van der Waals surface area contributed by atoms with Crippen LogP contribution in [0.25, 0.3) is 11.2 Å². The molecule has 0 unspecified atom stereocenters. The molecule has 2 rings (SSSR count). The van der Waals surface area contributed by atoms with Crippen molar-refractivity contribution in [2.75, 3.05) is 30.3 Å². The molecule has 0 spiro atoms. The van der Waals surface area contributed by atoms with Crippen LogP contribution in [-0.2, 0) is 4.74 Å². The third kappa shape index (κ3) is 3.54. The fourth-order valence-electron chi connectivity index (χ4n) is 1.66. The minimum absolute atomic E-state index is 0.233. The number of hydrogen-bond acceptors (Lipinski definition) is 6. The zero-order valence-corrected chi connectivity index (χ0v) is 11.5. The molecular weight excluding hydrogens is 244 g/mol. The smallest absolute Gasteiger partial charge is 0.226 e. The van der Waals surface area contributed by atoms with Gasteiger partial charge in [0.1, 0.15) is 5.52 Å². The number of nitrogens with one attached hydrogen (secondary N) is 3. The lowest BCUT2D eigenvalue weighted by molar-refractivity contribution is 0.0870. The molecule has 3 N–H and O–H groups in total. The van der Waals surface area contributed by atoms with Crippen molar-refractivity contribution in [3.8, 4) is 0 Å². The number of anilines is 2. The Morgan fingerprint density at radius 2 is 2.16 bits per heavy atom. The van der Waals surface area contributed by atoms with Gasteiger partial charge in [0.05, 0.1) is 19.0 Å². The summed E-state index contributed by atoms with van der Waals surface area (Å²) in [5.74, 6) is 1.32. The van der Waals surface area contributed by atoms with Crippen molar-refractivity contribution in [2.24, 2.45) is 0 Å². The first-order valence-electron chi connectivity index (χ1n) is 6.51. The van der Waals surface area contributed by atoms with E-state index in [1.807, 2.05) is 20.8 Å². The van der Waals surface area contributed by atoms with Crippen molar-refractivity contribution in [3.63, 3.8) is 0 Å². The van der Waals surface area contributed by atoms with Crippen LogP contribution in [0.5, 0.6) is 0 Å².